The van der Waals surface area contributed by atoms with Gasteiger partial charge in [0.1, 0.15) is 0 Å². The maximum atomic E-state index is 5.00. The van der Waals surface area contributed by atoms with Crippen molar-refractivity contribution in [1.82, 2.24) is 4.90 Å². The fourth-order valence-corrected chi connectivity index (χ4v) is 2.49. The lowest BCUT2D eigenvalue weighted by atomic mass is 11.0. The van der Waals surface area contributed by atoms with Crippen LogP contribution in [-0.2, 0) is 13.3 Å². The smallest absolute Gasteiger partial charge is 0.376 e. The first-order chi connectivity index (χ1) is 5.97. The van der Waals surface area contributed by atoms with E-state index in [0.29, 0.717) is 5.38 Å². The van der Waals surface area contributed by atoms with Crippen molar-refractivity contribution in [2.24, 2.45) is 0 Å². The molecule has 0 atom stereocenters. The number of hydrogen-bond acceptors (Lipinski definition) is 5. The van der Waals surface area contributed by atoms with Gasteiger partial charge in [0.15, 0.2) is 0 Å². The van der Waals surface area contributed by atoms with Crippen LogP contribution < -0.4 is 0 Å². The highest BCUT2D eigenvalue weighted by Crippen LogP contribution is 2.06. The summed E-state index contributed by atoms with van der Waals surface area (Å²) in [5.41, 5.74) is 0. The Morgan fingerprint density at radius 2 is 1.23 bits per heavy atom. The van der Waals surface area contributed by atoms with Crippen LogP contribution >= 0.6 is 12.6 Å². The van der Waals surface area contributed by atoms with Crippen LogP contribution in [0.3, 0.4) is 0 Å². The molecule has 82 valence electrons. The van der Waals surface area contributed by atoms with Gasteiger partial charge in [-0.2, -0.15) is 12.6 Å². The third-order valence-corrected chi connectivity index (χ3v) is 4.54. The maximum absolute atomic E-state index is 5.00. The Bertz CT molecular complexity index is 91.6. The van der Waals surface area contributed by atoms with E-state index in [9.17, 15) is 0 Å². The van der Waals surface area contributed by atoms with Gasteiger partial charge in [-0.15, -0.1) is 0 Å². The van der Waals surface area contributed by atoms with Crippen molar-refractivity contribution in [1.29, 1.82) is 0 Å². The average molecular weight is 227 g/mol. The highest BCUT2D eigenvalue weighted by Gasteiger charge is 2.35. The van der Waals surface area contributed by atoms with E-state index in [1.807, 2.05) is 26.0 Å². The zero-order valence-electron chi connectivity index (χ0n) is 9.33. The minimum Gasteiger partial charge on any atom is -0.376 e. The van der Waals surface area contributed by atoms with Crippen LogP contribution in [0, 0.1) is 0 Å². The van der Waals surface area contributed by atoms with Crippen LogP contribution in [0.25, 0.3) is 0 Å². The average Bonchev–Trinajstić information content (AvgIpc) is 2.09. The van der Waals surface area contributed by atoms with Gasteiger partial charge in [0, 0.05) is 21.3 Å². The third-order valence-electron chi connectivity index (χ3n) is 1.13. The minimum atomic E-state index is -2.33. The molecule has 0 radical (unpaired) electrons. The van der Waals surface area contributed by atoms with Gasteiger partial charge in [-0.25, -0.2) is 0 Å². The van der Waals surface area contributed by atoms with Crippen molar-refractivity contribution >= 4 is 21.4 Å². The first-order valence-corrected chi connectivity index (χ1v) is 6.41. The summed E-state index contributed by atoms with van der Waals surface area (Å²) in [6.45, 7) is 0. The monoisotopic (exact) mass is 227 g/mol. The summed E-state index contributed by atoms with van der Waals surface area (Å²) in [5, 5.41) is 0.510. The minimum absolute atomic E-state index is 0.510. The summed E-state index contributed by atoms with van der Waals surface area (Å²) in [5.74, 6) is 0. The van der Waals surface area contributed by atoms with E-state index >= 15 is 0 Å². The van der Waals surface area contributed by atoms with Crippen LogP contribution in [0.1, 0.15) is 0 Å². The van der Waals surface area contributed by atoms with Gasteiger partial charge in [-0.1, -0.05) is 0 Å². The summed E-state index contributed by atoms with van der Waals surface area (Å²) >= 11 is 4.03. The molecule has 0 aliphatic rings. The van der Waals surface area contributed by atoms with Crippen molar-refractivity contribution in [3.8, 4) is 0 Å². The van der Waals surface area contributed by atoms with E-state index < -0.39 is 8.80 Å². The second kappa shape index (κ2) is 8.98. The van der Waals surface area contributed by atoms with E-state index in [4.69, 9.17) is 13.3 Å². The van der Waals surface area contributed by atoms with E-state index in [-0.39, 0.29) is 0 Å². The fraction of sp³-hybridized carbons (Fsp3) is 1.00. The van der Waals surface area contributed by atoms with Crippen molar-refractivity contribution in [2.45, 2.75) is 0 Å². The molecule has 6 heteroatoms. The Hall–Kier alpha value is 0.407. The van der Waals surface area contributed by atoms with Gasteiger partial charge < -0.3 is 18.2 Å². The first-order valence-electron chi connectivity index (χ1n) is 3.85. The lowest BCUT2D eigenvalue weighted by molar-refractivity contribution is 0.131. The Kier molecular flexibility index (Phi) is 11.0. The van der Waals surface area contributed by atoms with Crippen LogP contribution in [0.15, 0.2) is 0 Å². The zero-order chi connectivity index (χ0) is 10.9. The normalized spacial score (nSPS) is 11.1. The van der Waals surface area contributed by atoms with Gasteiger partial charge in [-0.3, -0.25) is 0 Å². The summed E-state index contributed by atoms with van der Waals surface area (Å²) in [6, 6.07) is 0. The Balaban J connectivity index is 0. The molecule has 0 aliphatic carbocycles. The Labute approximate surface area is 87.9 Å². The quantitative estimate of drug-likeness (QED) is 0.560. The Morgan fingerprint density at radius 1 is 1.00 bits per heavy atom. The third kappa shape index (κ3) is 8.73. The summed E-state index contributed by atoms with van der Waals surface area (Å²) in [7, 11) is 8.37. The van der Waals surface area contributed by atoms with Crippen molar-refractivity contribution in [3.05, 3.63) is 0 Å². The molecule has 0 amide bonds. The number of rotatable bonds is 4. The summed E-state index contributed by atoms with van der Waals surface area (Å²) < 4.78 is 15.0. The van der Waals surface area contributed by atoms with E-state index in [1.165, 1.54) is 0 Å². The molecule has 0 spiro atoms. The molecule has 0 N–H and O–H groups in total. The zero-order valence-corrected chi connectivity index (χ0v) is 11.2. The van der Waals surface area contributed by atoms with E-state index in [2.05, 4.69) is 12.6 Å². The van der Waals surface area contributed by atoms with Crippen LogP contribution in [-0.4, -0.2) is 61.6 Å². The highest BCUT2D eigenvalue weighted by atomic mass is 32.1. The van der Waals surface area contributed by atoms with Gasteiger partial charge in [0.05, 0.1) is 5.38 Å². The summed E-state index contributed by atoms with van der Waals surface area (Å²) in [4.78, 5) is 2.00. The van der Waals surface area contributed by atoms with Gasteiger partial charge in [0.25, 0.3) is 0 Å². The van der Waals surface area contributed by atoms with Crippen LogP contribution in [0.2, 0.25) is 0 Å². The molecular formula is C7H21NO3SSi. The van der Waals surface area contributed by atoms with Crippen LogP contribution in [0.5, 0.6) is 0 Å². The largest absolute Gasteiger partial charge is 0.510 e. The predicted molar refractivity (Wildman–Crippen MR) is 60.2 cm³/mol. The van der Waals surface area contributed by atoms with Gasteiger partial charge in [0.2, 0.25) is 0 Å². The Morgan fingerprint density at radius 3 is 1.23 bits per heavy atom. The molecule has 0 rings (SSSR count). The van der Waals surface area contributed by atoms with Crippen LogP contribution in [0.4, 0.5) is 0 Å². The number of thiol groups is 1. The number of nitrogens with zero attached hydrogens (tertiary/aromatic N) is 1. The second-order valence-electron chi connectivity index (χ2n) is 2.80. The SMILES string of the molecule is CN(C)C.CO[Si](CS)(OC)OC. The second-order valence-corrected chi connectivity index (χ2v) is 6.65. The molecule has 0 aromatic rings. The van der Waals surface area contributed by atoms with Crippen molar-refractivity contribution < 1.29 is 13.3 Å². The molecule has 0 saturated carbocycles. The molecule has 0 heterocycles. The molecule has 0 unspecified atom stereocenters. The van der Waals surface area contributed by atoms with E-state index in [1.54, 1.807) is 21.3 Å². The fourth-order valence-electron chi connectivity index (χ4n) is 0.444. The molecule has 0 aliphatic heterocycles. The van der Waals surface area contributed by atoms with E-state index in [0.717, 1.165) is 0 Å². The standard InChI is InChI=1S/C4H12O3SSi.C3H9N/c1-5-9(4-8,6-2)7-3;1-4(2)3/h8H,4H2,1-3H3;1-3H3. The van der Waals surface area contributed by atoms with Gasteiger partial charge >= 0.3 is 8.80 Å². The maximum Gasteiger partial charge on any atom is 0.510 e. The molecule has 0 saturated heterocycles. The molecule has 13 heavy (non-hydrogen) atoms. The predicted octanol–water partition coefficient (Wildman–Crippen LogP) is 0.511. The number of hydrogen-bond donors (Lipinski definition) is 1. The summed E-state index contributed by atoms with van der Waals surface area (Å²) in [6.07, 6.45) is 0. The molecular weight excluding hydrogens is 206 g/mol. The molecule has 0 fully saturated rings. The topological polar surface area (TPSA) is 30.9 Å². The molecule has 0 aromatic carbocycles. The van der Waals surface area contributed by atoms with Gasteiger partial charge in [-0.05, 0) is 21.1 Å². The molecule has 0 bridgehead atoms. The molecule has 4 nitrogen and oxygen atoms in total. The van der Waals surface area contributed by atoms with Crippen molar-refractivity contribution in [2.75, 3.05) is 47.8 Å². The lowest BCUT2D eigenvalue weighted by Gasteiger charge is -2.21. The van der Waals surface area contributed by atoms with Crippen molar-refractivity contribution in [3.63, 3.8) is 0 Å². The highest BCUT2D eigenvalue weighted by molar-refractivity contribution is 7.82. The first kappa shape index (κ1) is 15.9. The molecule has 0 aromatic heterocycles. The lowest BCUT2D eigenvalue weighted by Crippen LogP contribution is -2.45.